The highest BCUT2D eigenvalue weighted by Crippen LogP contribution is 2.21. The molecule has 1 aromatic heterocycles. The minimum Gasteiger partial charge on any atom is -0.497 e. The molecule has 1 saturated heterocycles. The zero-order valence-corrected chi connectivity index (χ0v) is 19.7. The maximum absolute atomic E-state index is 12.3. The summed E-state index contributed by atoms with van der Waals surface area (Å²) in [6, 6.07) is 18.2. The maximum atomic E-state index is 12.3. The fourth-order valence-electron chi connectivity index (χ4n) is 3.82. The number of anilines is 1. The molecule has 1 aliphatic rings. The van der Waals surface area contributed by atoms with Crippen LogP contribution in [0.3, 0.4) is 0 Å². The lowest BCUT2D eigenvalue weighted by Crippen LogP contribution is -2.47. The predicted molar refractivity (Wildman–Crippen MR) is 131 cm³/mol. The molecule has 9 heteroatoms. The second-order valence-electron chi connectivity index (χ2n) is 7.84. The number of hydrogen-bond donors (Lipinski definition) is 1. The first-order chi connectivity index (χ1) is 16.2. The van der Waals surface area contributed by atoms with Gasteiger partial charge in [0.25, 0.3) is 0 Å². The van der Waals surface area contributed by atoms with Crippen LogP contribution in [0.15, 0.2) is 66.1 Å². The van der Waals surface area contributed by atoms with E-state index in [1.165, 1.54) is 17.4 Å². The Labute approximate surface area is 198 Å². The van der Waals surface area contributed by atoms with E-state index < -0.39 is 0 Å². The third-order valence-electron chi connectivity index (χ3n) is 5.67. The van der Waals surface area contributed by atoms with Gasteiger partial charge in [-0.2, -0.15) is 0 Å². The summed E-state index contributed by atoms with van der Waals surface area (Å²) in [6.45, 7) is 5.88. The van der Waals surface area contributed by atoms with Crippen molar-refractivity contribution in [2.24, 2.45) is 0 Å². The van der Waals surface area contributed by atoms with Crippen LogP contribution in [0.5, 0.6) is 5.75 Å². The molecule has 4 rings (SSSR count). The van der Waals surface area contributed by atoms with Gasteiger partial charge < -0.3 is 15.0 Å². The minimum atomic E-state index is 0.0122. The molecule has 1 N–H and O–H groups in total. The molecule has 33 heavy (non-hydrogen) atoms. The summed E-state index contributed by atoms with van der Waals surface area (Å²) in [5.41, 5.74) is 2.22. The highest BCUT2D eigenvalue weighted by Gasteiger charge is 2.16. The van der Waals surface area contributed by atoms with Gasteiger partial charge in [-0.25, -0.2) is 0 Å². The number of aromatic nitrogens is 3. The number of amides is 1. The molecule has 3 aromatic rings. The zero-order valence-electron chi connectivity index (χ0n) is 18.9. The summed E-state index contributed by atoms with van der Waals surface area (Å²) >= 11 is 1.38. The highest BCUT2D eigenvalue weighted by atomic mass is 32.2. The van der Waals surface area contributed by atoms with Crippen LogP contribution in [-0.4, -0.2) is 77.7 Å². The van der Waals surface area contributed by atoms with Gasteiger partial charge in [-0.15, -0.1) is 10.2 Å². The molecule has 0 unspecified atom stereocenters. The third kappa shape index (κ3) is 6.49. The van der Waals surface area contributed by atoms with Gasteiger partial charge in [0.15, 0.2) is 5.16 Å². The third-order valence-corrected chi connectivity index (χ3v) is 6.61. The van der Waals surface area contributed by atoms with Gasteiger partial charge in [-0.05, 0) is 49.4 Å². The van der Waals surface area contributed by atoms with Crippen molar-refractivity contribution in [1.82, 2.24) is 25.0 Å². The molecule has 174 valence electrons. The lowest BCUT2D eigenvalue weighted by Gasteiger charge is -2.36. The molecule has 8 nitrogen and oxygen atoms in total. The number of carbonyl (C=O) groups excluding carboxylic acids is 1. The molecule has 2 aromatic carbocycles. The molecule has 0 radical (unpaired) electrons. The topological polar surface area (TPSA) is 75.5 Å². The normalized spacial score (nSPS) is 14.3. The average Bonchev–Trinajstić information content (AvgIpc) is 3.35. The largest absolute Gasteiger partial charge is 0.497 e. The predicted octanol–water partition coefficient (Wildman–Crippen LogP) is 2.70. The maximum Gasteiger partial charge on any atom is 0.230 e. The highest BCUT2D eigenvalue weighted by molar-refractivity contribution is 7.99. The van der Waals surface area contributed by atoms with Gasteiger partial charge >= 0.3 is 0 Å². The summed E-state index contributed by atoms with van der Waals surface area (Å²) in [7, 11) is 1.64. The monoisotopic (exact) mass is 466 g/mol. The van der Waals surface area contributed by atoms with Gasteiger partial charge in [0, 0.05) is 44.1 Å². The summed E-state index contributed by atoms with van der Waals surface area (Å²) in [5.74, 6) is 1.11. The van der Waals surface area contributed by atoms with Crippen LogP contribution in [0, 0.1) is 0 Å². The lowest BCUT2D eigenvalue weighted by atomic mass is 10.2. The number of piperazine rings is 1. The second-order valence-corrected chi connectivity index (χ2v) is 8.78. The van der Waals surface area contributed by atoms with Crippen molar-refractivity contribution in [3.05, 3.63) is 60.9 Å². The van der Waals surface area contributed by atoms with Crippen molar-refractivity contribution in [1.29, 1.82) is 0 Å². The molecule has 0 spiro atoms. The van der Waals surface area contributed by atoms with E-state index in [1.54, 1.807) is 13.4 Å². The van der Waals surface area contributed by atoms with Crippen LogP contribution in [0.25, 0.3) is 5.69 Å². The summed E-state index contributed by atoms with van der Waals surface area (Å²) in [6.07, 6.45) is 2.60. The van der Waals surface area contributed by atoms with Crippen LogP contribution in [0.2, 0.25) is 0 Å². The van der Waals surface area contributed by atoms with Crippen molar-refractivity contribution in [3.63, 3.8) is 0 Å². The van der Waals surface area contributed by atoms with Crippen molar-refractivity contribution in [2.75, 3.05) is 57.0 Å². The summed E-state index contributed by atoms with van der Waals surface area (Å²) in [5, 5.41) is 11.8. The number of methoxy groups -OCH3 is 1. The molecule has 1 amide bonds. The van der Waals surface area contributed by atoms with Crippen LogP contribution in [0.4, 0.5) is 5.69 Å². The Morgan fingerprint density at radius 3 is 2.52 bits per heavy atom. The van der Waals surface area contributed by atoms with Gasteiger partial charge in [0.1, 0.15) is 12.1 Å². The van der Waals surface area contributed by atoms with Gasteiger partial charge in [-0.3, -0.25) is 14.3 Å². The zero-order chi connectivity index (χ0) is 22.9. The van der Waals surface area contributed by atoms with E-state index >= 15 is 0 Å². The molecule has 1 aliphatic heterocycles. The first-order valence-electron chi connectivity index (χ1n) is 11.2. The van der Waals surface area contributed by atoms with Crippen molar-refractivity contribution < 1.29 is 9.53 Å². The standard InChI is InChI=1S/C24H30N6O2S/c1-32-22-10-8-21(9-11-22)30-19-26-27-24(30)33-18-23(31)25-12-5-13-28-14-16-29(17-15-28)20-6-3-2-4-7-20/h2-4,6-11,19H,5,12-18H2,1H3,(H,25,31). The SMILES string of the molecule is COc1ccc(-n2cnnc2SCC(=O)NCCCN2CCN(c3ccccc3)CC2)cc1. The number of carbonyl (C=O) groups is 1. The van der Waals surface area contributed by atoms with E-state index in [9.17, 15) is 4.79 Å². The number of thioether (sulfide) groups is 1. The number of rotatable bonds is 10. The van der Waals surface area contributed by atoms with E-state index in [2.05, 4.69) is 55.6 Å². The van der Waals surface area contributed by atoms with Crippen LogP contribution in [0.1, 0.15) is 6.42 Å². The minimum absolute atomic E-state index is 0.0122. The average molecular weight is 467 g/mol. The number of benzene rings is 2. The van der Waals surface area contributed by atoms with Crippen LogP contribution < -0.4 is 15.0 Å². The first-order valence-corrected chi connectivity index (χ1v) is 12.2. The second kappa shape index (κ2) is 11.7. The Kier molecular flexibility index (Phi) is 8.21. The molecule has 0 bridgehead atoms. The fraction of sp³-hybridized carbons (Fsp3) is 0.375. The van der Waals surface area contributed by atoms with Crippen LogP contribution >= 0.6 is 11.8 Å². The first kappa shape index (κ1) is 23.1. The number of ether oxygens (including phenoxy) is 1. The molecular formula is C24H30N6O2S. The summed E-state index contributed by atoms with van der Waals surface area (Å²) < 4.78 is 7.07. The van der Waals surface area contributed by atoms with Gasteiger partial charge in [0.2, 0.25) is 5.91 Å². The Bertz CT molecular complexity index is 1000. The molecule has 2 heterocycles. The Morgan fingerprint density at radius 1 is 1.03 bits per heavy atom. The molecule has 0 saturated carbocycles. The molecular weight excluding hydrogens is 436 g/mol. The van der Waals surface area contributed by atoms with E-state index in [-0.39, 0.29) is 5.91 Å². The lowest BCUT2D eigenvalue weighted by molar-refractivity contribution is -0.118. The van der Waals surface area contributed by atoms with Crippen molar-refractivity contribution >= 4 is 23.4 Å². The molecule has 1 fully saturated rings. The number of nitrogens with zero attached hydrogens (tertiary/aromatic N) is 5. The summed E-state index contributed by atoms with van der Waals surface area (Å²) in [4.78, 5) is 17.2. The smallest absolute Gasteiger partial charge is 0.230 e. The molecule has 0 aliphatic carbocycles. The van der Waals surface area contributed by atoms with E-state index in [4.69, 9.17) is 4.74 Å². The van der Waals surface area contributed by atoms with Crippen molar-refractivity contribution in [2.45, 2.75) is 11.6 Å². The van der Waals surface area contributed by atoms with E-state index in [0.29, 0.717) is 17.5 Å². The Morgan fingerprint density at radius 2 is 1.79 bits per heavy atom. The van der Waals surface area contributed by atoms with Crippen LogP contribution in [-0.2, 0) is 4.79 Å². The van der Waals surface area contributed by atoms with E-state index in [1.807, 2.05) is 28.8 Å². The van der Waals surface area contributed by atoms with Gasteiger partial charge in [-0.1, -0.05) is 30.0 Å². The Balaban J connectivity index is 1.13. The Hall–Kier alpha value is -3.04. The van der Waals surface area contributed by atoms with Crippen molar-refractivity contribution in [3.8, 4) is 11.4 Å². The fourth-order valence-corrected chi connectivity index (χ4v) is 4.58. The quantitative estimate of drug-likeness (QED) is 0.364. The number of nitrogens with one attached hydrogen (secondary N) is 1. The molecule has 0 atom stereocenters. The number of hydrogen-bond acceptors (Lipinski definition) is 7. The van der Waals surface area contributed by atoms with E-state index in [0.717, 1.165) is 50.6 Å². The van der Waals surface area contributed by atoms with Gasteiger partial charge in [0.05, 0.1) is 12.9 Å². The number of para-hydroxylation sites is 1.